The highest BCUT2D eigenvalue weighted by molar-refractivity contribution is 7.26. The molecule has 0 spiro atoms. The number of thiophene rings is 1. The first-order valence-corrected chi connectivity index (χ1v) is 18.4. The molecule has 3 N–H and O–H groups in total. The lowest BCUT2D eigenvalue weighted by atomic mass is 10.0. The quantitative estimate of drug-likeness (QED) is 0.169. The van der Waals surface area contributed by atoms with Gasteiger partial charge in [-0.2, -0.15) is 5.26 Å². The van der Waals surface area contributed by atoms with Gasteiger partial charge in [-0.1, -0.05) is 115 Å². The van der Waals surface area contributed by atoms with E-state index in [0.717, 1.165) is 33.1 Å². The molecule has 2 atom stereocenters. The van der Waals surface area contributed by atoms with E-state index >= 15 is 0 Å². The second kappa shape index (κ2) is 12.6. The van der Waals surface area contributed by atoms with Crippen molar-refractivity contribution in [3.63, 3.8) is 0 Å². The Morgan fingerprint density at radius 2 is 1.08 bits per heavy atom. The van der Waals surface area contributed by atoms with E-state index < -0.39 is 0 Å². The maximum atomic E-state index is 9.88. The number of nitriles is 1. The van der Waals surface area contributed by atoms with Crippen LogP contribution < -0.4 is 16.0 Å². The van der Waals surface area contributed by atoms with Crippen molar-refractivity contribution in [3.8, 4) is 22.9 Å². The smallest absolute Gasteiger partial charge is 0.0991 e. The Hall–Kier alpha value is -6.07. The number of fused-ring (bicyclic) bond motifs is 6. The molecule has 0 amide bonds. The van der Waals surface area contributed by atoms with E-state index in [0.29, 0.717) is 5.56 Å². The number of hydrogen-bond donors (Lipinski definition) is 3. The Bertz CT molecular complexity index is 2750. The summed E-state index contributed by atoms with van der Waals surface area (Å²) >= 11 is 1.85. The predicted octanol–water partition coefficient (Wildman–Crippen LogP) is 10.9. The fourth-order valence-corrected chi connectivity index (χ4v) is 9.08. The van der Waals surface area contributed by atoms with Crippen LogP contribution in [0, 0.1) is 11.3 Å². The average Bonchev–Trinajstić information content (AvgIpc) is 3.76. The Labute approximate surface area is 305 Å². The third kappa shape index (κ3) is 5.19. The Balaban J connectivity index is 1.06. The van der Waals surface area contributed by atoms with Crippen LogP contribution in [0.2, 0.25) is 0 Å². The lowest BCUT2D eigenvalue weighted by Gasteiger charge is -2.39. The highest BCUT2D eigenvalue weighted by Gasteiger charge is 2.29. The molecule has 2 unspecified atom stereocenters. The lowest BCUT2D eigenvalue weighted by molar-refractivity contribution is 0.203. The topological polar surface area (TPSA) is 64.8 Å². The summed E-state index contributed by atoms with van der Waals surface area (Å²) in [5, 5.41) is 26.0. The molecule has 52 heavy (non-hydrogen) atoms. The first kappa shape index (κ1) is 30.7. The van der Waals surface area contributed by atoms with Crippen molar-refractivity contribution < 1.29 is 0 Å². The number of nitrogens with zero attached hydrogens (tertiary/aromatic N) is 2. The molecule has 2 aromatic heterocycles. The number of hydrogen-bond acceptors (Lipinski definition) is 5. The van der Waals surface area contributed by atoms with Crippen molar-refractivity contribution in [2.45, 2.75) is 18.5 Å². The zero-order chi connectivity index (χ0) is 34.6. The third-order valence-electron chi connectivity index (χ3n) is 10.4. The van der Waals surface area contributed by atoms with Crippen LogP contribution in [-0.2, 0) is 0 Å². The first-order valence-electron chi connectivity index (χ1n) is 17.6. The molecule has 248 valence electrons. The van der Waals surface area contributed by atoms with Crippen LogP contribution in [0.3, 0.4) is 0 Å². The number of aromatic nitrogens is 1. The summed E-state index contributed by atoms with van der Waals surface area (Å²) in [5.41, 5.74) is 9.84. The molecule has 7 aromatic carbocycles. The fourth-order valence-electron chi connectivity index (χ4n) is 7.84. The summed E-state index contributed by atoms with van der Waals surface area (Å²) in [7, 11) is 0. The fraction of sp³-hybridized carbons (Fsp3) is 0.0652. The number of rotatable bonds is 5. The molecule has 6 heteroatoms. The van der Waals surface area contributed by atoms with E-state index in [1.54, 1.807) is 0 Å². The lowest BCUT2D eigenvalue weighted by Crippen LogP contribution is -2.54. The zero-order valence-corrected chi connectivity index (χ0v) is 28.9. The van der Waals surface area contributed by atoms with Gasteiger partial charge in [0.25, 0.3) is 0 Å². The molecule has 0 radical (unpaired) electrons. The van der Waals surface area contributed by atoms with E-state index in [-0.39, 0.29) is 18.5 Å². The second-order valence-electron chi connectivity index (χ2n) is 13.4. The van der Waals surface area contributed by atoms with E-state index in [2.05, 4.69) is 178 Å². The van der Waals surface area contributed by atoms with Crippen molar-refractivity contribution in [1.29, 1.82) is 5.26 Å². The maximum Gasteiger partial charge on any atom is 0.0991 e. The van der Waals surface area contributed by atoms with Crippen LogP contribution in [0.5, 0.6) is 0 Å². The van der Waals surface area contributed by atoms with E-state index in [1.165, 1.54) is 42.4 Å². The summed E-state index contributed by atoms with van der Waals surface area (Å²) in [6, 6.07) is 60.4. The molecular formula is C46H33N5S. The Kier molecular flexibility index (Phi) is 7.45. The molecule has 10 rings (SSSR count). The highest BCUT2D eigenvalue weighted by atomic mass is 32.1. The van der Waals surface area contributed by atoms with Crippen LogP contribution >= 0.6 is 11.3 Å². The van der Waals surface area contributed by atoms with Crippen molar-refractivity contribution in [3.05, 3.63) is 186 Å². The minimum absolute atomic E-state index is 0.0309. The van der Waals surface area contributed by atoms with Crippen LogP contribution in [-0.4, -0.2) is 4.57 Å². The Morgan fingerprint density at radius 3 is 1.75 bits per heavy atom. The van der Waals surface area contributed by atoms with Crippen LogP contribution in [0.1, 0.15) is 40.8 Å². The van der Waals surface area contributed by atoms with E-state index in [1.807, 2.05) is 23.5 Å². The van der Waals surface area contributed by atoms with Gasteiger partial charge >= 0.3 is 0 Å². The van der Waals surface area contributed by atoms with Crippen LogP contribution in [0.25, 0.3) is 58.8 Å². The van der Waals surface area contributed by atoms with Crippen LogP contribution in [0.4, 0.5) is 0 Å². The van der Waals surface area contributed by atoms with Gasteiger partial charge in [-0.15, -0.1) is 11.3 Å². The molecule has 1 aliphatic rings. The molecule has 9 aromatic rings. The molecule has 0 bridgehead atoms. The molecular weight excluding hydrogens is 655 g/mol. The number of benzene rings is 7. The standard InChI is InChI=1S/C46H33N5S/c47-28-29-18-24-40-38(26-29)39-27-33(35-15-9-16-37-36-14-7-8-17-42(36)52-43(35)37)21-25-41(39)51(40)34-22-19-32(20-23-34)46-49-44(30-10-3-1-4-11-30)48-45(50-46)31-12-5-2-6-13-31/h1-27,44-46,48-50H. The largest absolute Gasteiger partial charge is 0.309 e. The zero-order valence-electron chi connectivity index (χ0n) is 28.1. The van der Waals surface area contributed by atoms with Gasteiger partial charge in [-0.3, -0.25) is 16.0 Å². The summed E-state index contributed by atoms with van der Waals surface area (Å²) in [6.45, 7) is 0. The summed E-state index contributed by atoms with van der Waals surface area (Å²) in [6.07, 6.45) is -0.144. The Morgan fingerprint density at radius 1 is 0.500 bits per heavy atom. The third-order valence-corrected chi connectivity index (χ3v) is 11.6. The van der Waals surface area contributed by atoms with Gasteiger partial charge in [0, 0.05) is 36.6 Å². The minimum atomic E-state index is -0.0822. The van der Waals surface area contributed by atoms with Gasteiger partial charge < -0.3 is 4.57 Å². The highest BCUT2D eigenvalue weighted by Crippen LogP contribution is 2.42. The first-order chi connectivity index (χ1) is 25.7. The van der Waals surface area contributed by atoms with Crippen LogP contribution in [0.15, 0.2) is 164 Å². The molecule has 1 saturated heterocycles. The molecule has 1 fully saturated rings. The monoisotopic (exact) mass is 687 g/mol. The van der Waals surface area contributed by atoms with Crippen molar-refractivity contribution in [1.82, 2.24) is 20.5 Å². The summed E-state index contributed by atoms with van der Waals surface area (Å²) < 4.78 is 4.91. The number of nitrogens with one attached hydrogen (secondary N) is 3. The van der Waals surface area contributed by atoms with E-state index in [9.17, 15) is 5.26 Å². The van der Waals surface area contributed by atoms with Crippen molar-refractivity contribution in [2.24, 2.45) is 0 Å². The second-order valence-corrected chi connectivity index (χ2v) is 14.5. The predicted molar refractivity (Wildman–Crippen MR) is 214 cm³/mol. The molecule has 1 aliphatic heterocycles. The normalized spacial score (nSPS) is 17.6. The molecule has 3 heterocycles. The molecule has 0 aliphatic carbocycles. The van der Waals surface area contributed by atoms with Gasteiger partial charge in [-0.25, -0.2) is 0 Å². The average molecular weight is 688 g/mol. The van der Waals surface area contributed by atoms with E-state index in [4.69, 9.17) is 0 Å². The van der Waals surface area contributed by atoms with Gasteiger partial charge in [0.05, 0.1) is 41.2 Å². The SMILES string of the molecule is N#Cc1ccc2c(c1)c1cc(-c3cccc4c3sc3ccccc34)ccc1n2-c1ccc(C2NC(c3ccccc3)NC(c3ccccc3)N2)cc1. The molecule has 5 nitrogen and oxygen atoms in total. The maximum absolute atomic E-state index is 9.88. The van der Waals surface area contributed by atoms with Gasteiger partial charge in [-0.05, 0) is 76.3 Å². The van der Waals surface area contributed by atoms with Gasteiger partial charge in [0.1, 0.15) is 0 Å². The molecule has 0 saturated carbocycles. The van der Waals surface area contributed by atoms with Crippen molar-refractivity contribution >= 4 is 53.3 Å². The van der Waals surface area contributed by atoms with Gasteiger partial charge in [0.2, 0.25) is 0 Å². The van der Waals surface area contributed by atoms with Crippen molar-refractivity contribution in [2.75, 3.05) is 0 Å². The summed E-state index contributed by atoms with van der Waals surface area (Å²) in [4.78, 5) is 0. The minimum Gasteiger partial charge on any atom is -0.309 e. The van der Waals surface area contributed by atoms with Gasteiger partial charge in [0.15, 0.2) is 0 Å². The summed E-state index contributed by atoms with van der Waals surface area (Å²) in [5.74, 6) is 0.